The molecular formula is C21H27N7O2. The lowest BCUT2D eigenvalue weighted by Crippen LogP contribution is -2.39. The molecule has 2 aliphatic heterocycles. The van der Waals surface area contributed by atoms with Crippen molar-refractivity contribution in [3.8, 4) is 0 Å². The van der Waals surface area contributed by atoms with Gasteiger partial charge < -0.3 is 15.0 Å². The average molecular weight is 409 g/mol. The largest absolute Gasteiger partial charge is 0.378 e. The summed E-state index contributed by atoms with van der Waals surface area (Å²) in [6.45, 7) is 8.13. The average Bonchev–Trinajstić information content (AvgIpc) is 3.25. The summed E-state index contributed by atoms with van der Waals surface area (Å²) in [6.07, 6.45) is 3.96. The molecule has 2 fully saturated rings. The zero-order valence-electron chi connectivity index (χ0n) is 17.3. The molecule has 2 aromatic heterocycles. The van der Waals surface area contributed by atoms with Crippen molar-refractivity contribution < 1.29 is 9.37 Å². The maximum atomic E-state index is 5.49. The summed E-state index contributed by atoms with van der Waals surface area (Å²) in [4.78, 5) is 13.5. The number of piperidine rings is 1. The second kappa shape index (κ2) is 8.53. The fourth-order valence-electron chi connectivity index (χ4n) is 4.29. The minimum Gasteiger partial charge on any atom is -0.378 e. The van der Waals surface area contributed by atoms with E-state index in [0.29, 0.717) is 6.04 Å². The summed E-state index contributed by atoms with van der Waals surface area (Å²) in [5.74, 6) is 1.71. The first-order valence-corrected chi connectivity index (χ1v) is 10.6. The molecule has 0 aliphatic carbocycles. The quantitative estimate of drug-likeness (QED) is 0.681. The Morgan fingerprint density at radius 1 is 1.10 bits per heavy atom. The van der Waals surface area contributed by atoms with E-state index in [1.807, 2.05) is 13.0 Å². The van der Waals surface area contributed by atoms with E-state index in [4.69, 9.17) is 9.37 Å². The molecule has 0 radical (unpaired) electrons. The van der Waals surface area contributed by atoms with Crippen LogP contribution in [0.2, 0.25) is 0 Å². The molecule has 30 heavy (non-hydrogen) atoms. The Labute approximate surface area is 175 Å². The van der Waals surface area contributed by atoms with Crippen LogP contribution in [-0.4, -0.2) is 70.6 Å². The summed E-state index contributed by atoms with van der Waals surface area (Å²) in [5, 5.41) is 11.8. The molecule has 9 heteroatoms. The van der Waals surface area contributed by atoms with Crippen molar-refractivity contribution >= 4 is 22.5 Å². The Hall–Kier alpha value is -2.78. The van der Waals surface area contributed by atoms with E-state index >= 15 is 0 Å². The standard InChI is InChI=1S/C21H27N7O2/c1-15-22-5-2-20(23-15)24-17-3-6-27(7-4-17)14-16-12-18(28-8-10-29-11-9-28)13-19-21(16)26-30-25-19/h2,5,12-13,17H,3-4,6-11,14H2,1H3,(H,22,23,24). The minimum absolute atomic E-state index is 0.434. The normalized spacial score (nSPS) is 18.8. The Bertz CT molecular complexity index is 994. The van der Waals surface area contributed by atoms with Crippen LogP contribution in [-0.2, 0) is 11.3 Å². The van der Waals surface area contributed by atoms with Gasteiger partial charge in [0.2, 0.25) is 0 Å². The van der Waals surface area contributed by atoms with E-state index < -0.39 is 0 Å². The van der Waals surface area contributed by atoms with E-state index in [0.717, 1.165) is 81.5 Å². The Morgan fingerprint density at radius 2 is 1.93 bits per heavy atom. The molecular weight excluding hydrogens is 382 g/mol. The Morgan fingerprint density at radius 3 is 2.73 bits per heavy atom. The summed E-state index contributed by atoms with van der Waals surface area (Å²) < 4.78 is 10.5. The van der Waals surface area contributed by atoms with Gasteiger partial charge in [0.15, 0.2) is 0 Å². The lowest BCUT2D eigenvalue weighted by molar-refractivity contribution is 0.122. The number of benzene rings is 1. The molecule has 9 nitrogen and oxygen atoms in total. The fourth-order valence-corrected chi connectivity index (χ4v) is 4.29. The van der Waals surface area contributed by atoms with E-state index in [2.05, 4.69) is 47.5 Å². The van der Waals surface area contributed by atoms with Gasteiger partial charge >= 0.3 is 0 Å². The second-order valence-electron chi connectivity index (χ2n) is 8.02. The van der Waals surface area contributed by atoms with Crippen molar-refractivity contribution in [3.63, 3.8) is 0 Å². The highest BCUT2D eigenvalue weighted by Crippen LogP contribution is 2.27. The number of aromatic nitrogens is 4. The number of morpholine rings is 1. The number of rotatable bonds is 5. The monoisotopic (exact) mass is 409 g/mol. The van der Waals surface area contributed by atoms with Crippen LogP contribution in [0.15, 0.2) is 29.0 Å². The number of ether oxygens (including phenoxy) is 1. The first-order chi connectivity index (χ1) is 14.7. The van der Waals surface area contributed by atoms with Crippen LogP contribution < -0.4 is 10.2 Å². The van der Waals surface area contributed by atoms with Gasteiger partial charge in [0.05, 0.1) is 13.2 Å². The maximum absolute atomic E-state index is 5.49. The highest BCUT2D eigenvalue weighted by Gasteiger charge is 2.22. The molecule has 1 aromatic carbocycles. The highest BCUT2D eigenvalue weighted by atomic mass is 16.6. The number of hydrogen-bond donors (Lipinski definition) is 1. The molecule has 1 N–H and O–H groups in total. The number of hydrogen-bond acceptors (Lipinski definition) is 9. The van der Waals surface area contributed by atoms with E-state index in [-0.39, 0.29) is 0 Å². The molecule has 3 aromatic rings. The van der Waals surface area contributed by atoms with Crippen molar-refractivity contribution in [2.75, 3.05) is 49.6 Å². The molecule has 2 saturated heterocycles. The first-order valence-electron chi connectivity index (χ1n) is 10.6. The van der Waals surface area contributed by atoms with Gasteiger partial charge in [-0.25, -0.2) is 14.6 Å². The van der Waals surface area contributed by atoms with Gasteiger partial charge in [0.1, 0.15) is 22.7 Å². The zero-order chi connectivity index (χ0) is 20.3. The van der Waals surface area contributed by atoms with E-state index in [1.165, 1.54) is 11.3 Å². The molecule has 5 rings (SSSR count). The molecule has 0 spiro atoms. The third-order valence-electron chi connectivity index (χ3n) is 5.91. The predicted molar refractivity (Wildman–Crippen MR) is 114 cm³/mol. The van der Waals surface area contributed by atoms with Gasteiger partial charge in [0, 0.05) is 50.6 Å². The molecule has 0 saturated carbocycles. The molecule has 158 valence electrons. The number of anilines is 2. The molecule has 0 atom stereocenters. The lowest BCUT2D eigenvalue weighted by Gasteiger charge is -2.33. The highest BCUT2D eigenvalue weighted by molar-refractivity contribution is 5.81. The SMILES string of the molecule is Cc1nccc(NC2CCN(Cc3cc(N4CCOCC4)cc4nonc34)CC2)n1. The third-order valence-corrected chi connectivity index (χ3v) is 5.91. The second-order valence-corrected chi connectivity index (χ2v) is 8.02. The van der Waals surface area contributed by atoms with Crippen molar-refractivity contribution in [2.24, 2.45) is 0 Å². The summed E-state index contributed by atoms with van der Waals surface area (Å²) in [6, 6.07) is 6.68. The first kappa shape index (κ1) is 19.2. The molecule has 0 unspecified atom stereocenters. The van der Waals surface area contributed by atoms with Crippen LogP contribution in [0, 0.1) is 6.92 Å². The lowest BCUT2D eigenvalue weighted by atomic mass is 10.0. The van der Waals surface area contributed by atoms with Gasteiger partial charge in [-0.15, -0.1) is 0 Å². The van der Waals surface area contributed by atoms with Crippen molar-refractivity contribution in [2.45, 2.75) is 32.4 Å². The minimum atomic E-state index is 0.434. The van der Waals surface area contributed by atoms with E-state index in [1.54, 1.807) is 6.20 Å². The number of nitrogens with one attached hydrogen (secondary N) is 1. The molecule has 0 bridgehead atoms. The van der Waals surface area contributed by atoms with Crippen LogP contribution in [0.3, 0.4) is 0 Å². The molecule has 0 amide bonds. The molecule has 2 aliphatic rings. The Kier molecular flexibility index (Phi) is 5.46. The van der Waals surface area contributed by atoms with Gasteiger partial charge in [-0.1, -0.05) is 0 Å². The third kappa shape index (κ3) is 4.22. The van der Waals surface area contributed by atoms with Crippen molar-refractivity contribution in [3.05, 3.63) is 35.8 Å². The van der Waals surface area contributed by atoms with Crippen LogP contribution in [0.25, 0.3) is 11.0 Å². The van der Waals surface area contributed by atoms with Gasteiger partial charge in [-0.3, -0.25) is 4.90 Å². The van der Waals surface area contributed by atoms with Crippen molar-refractivity contribution in [1.29, 1.82) is 0 Å². The van der Waals surface area contributed by atoms with Gasteiger partial charge in [-0.05, 0) is 53.8 Å². The van der Waals surface area contributed by atoms with Crippen molar-refractivity contribution in [1.82, 2.24) is 25.2 Å². The molecule has 4 heterocycles. The van der Waals surface area contributed by atoms with Crippen LogP contribution >= 0.6 is 0 Å². The number of aryl methyl sites for hydroxylation is 1. The zero-order valence-corrected chi connectivity index (χ0v) is 17.3. The Balaban J connectivity index is 1.25. The number of fused-ring (bicyclic) bond motifs is 1. The van der Waals surface area contributed by atoms with Gasteiger partial charge in [0.25, 0.3) is 0 Å². The van der Waals surface area contributed by atoms with E-state index in [9.17, 15) is 0 Å². The van der Waals surface area contributed by atoms with Crippen LogP contribution in [0.5, 0.6) is 0 Å². The fraction of sp³-hybridized carbons (Fsp3) is 0.524. The summed E-state index contributed by atoms with van der Waals surface area (Å²) in [7, 11) is 0. The number of nitrogens with zero attached hydrogens (tertiary/aromatic N) is 6. The maximum Gasteiger partial charge on any atom is 0.139 e. The summed E-state index contributed by atoms with van der Waals surface area (Å²) >= 11 is 0. The predicted octanol–water partition coefficient (Wildman–Crippen LogP) is 2.23. The smallest absolute Gasteiger partial charge is 0.139 e. The van der Waals surface area contributed by atoms with Gasteiger partial charge in [-0.2, -0.15) is 0 Å². The summed E-state index contributed by atoms with van der Waals surface area (Å²) in [5.41, 5.74) is 4.04. The topological polar surface area (TPSA) is 92.4 Å². The van der Waals surface area contributed by atoms with Crippen LogP contribution in [0.1, 0.15) is 24.2 Å². The van der Waals surface area contributed by atoms with Crippen LogP contribution in [0.4, 0.5) is 11.5 Å². The number of likely N-dealkylation sites (tertiary alicyclic amines) is 1.